The van der Waals surface area contributed by atoms with Crippen molar-refractivity contribution in [1.82, 2.24) is 15.1 Å². The van der Waals surface area contributed by atoms with Gasteiger partial charge in [0.15, 0.2) is 13.1 Å². The second-order valence-corrected chi connectivity index (χ2v) is 7.43. The van der Waals surface area contributed by atoms with E-state index in [0.29, 0.717) is 0 Å². The van der Waals surface area contributed by atoms with Crippen LogP contribution in [0.5, 0.6) is 0 Å². The predicted molar refractivity (Wildman–Crippen MR) is 110 cm³/mol. The smallest absolute Gasteiger partial charge is 0.359 e. The number of hydrogen-bond acceptors (Lipinski definition) is 9. The first-order valence-corrected chi connectivity index (χ1v) is 10.1. The van der Waals surface area contributed by atoms with Crippen molar-refractivity contribution in [2.45, 2.75) is 0 Å². The van der Waals surface area contributed by atoms with E-state index in [0.717, 1.165) is 0 Å². The first kappa shape index (κ1) is 29.6. The van der Waals surface area contributed by atoms with Crippen LogP contribution < -0.4 is 5.32 Å². The Morgan fingerprint density at radius 3 is 1.59 bits per heavy atom. The van der Waals surface area contributed by atoms with E-state index in [1.807, 2.05) is 0 Å². The lowest BCUT2D eigenvalue weighted by Gasteiger charge is -2.38. The van der Waals surface area contributed by atoms with Gasteiger partial charge in [0.2, 0.25) is 0 Å². The van der Waals surface area contributed by atoms with Crippen LogP contribution in [0.15, 0.2) is 0 Å². The molecule has 0 unspecified atom stereocenters. The summed E-state index contributed by atoms with van der Waals surface area (Å²) < 4.78 is -0.279. The van der Waals surface area contributed by atoms with Crippen LogP contribution in [0.2, 0.25) is 0 Å². The summed E-state index contributed by atoms with van der Waals surface area (Å²) in [5.41, 5.74) is 0. The van der Waals surface area contributed by atoms with Crippen molar-refractivity contribution in [2.24, 2.45) is 0 Å². The van der Waals surface area contributed by atoms with E-state index in [9.17, 15) is 34.5 Å². The molecule has 0 aromatic heterocycles. The number of rotatable bonds is 21. The largest absolute Gasteiger partial charge is 0.480 e. The van der Waals surface area contributed by atoms with E-state index < -0.39 is 50.1 Å². The SMILES string of the molecule is O=C(O)CN(CCN(CCO)CC[N+](CCNCCO)(CC(=O)O)CC(=O)O)CC(=O)O. The van der Waals surface area contributed by atoms with Gasteiger partial charge in [-0.2, -0.15) is 0 Å². The van der Waals surface area contributed by atoms with Crippen LogP contribution in [0, 0.1) is 0 Å². The van der Waals surface area contributed by atoms with Gasteiger partial charge in [-0.1, -0.05) is 0 Å². The summed E-state index contributed by atoms with van der Waals surface area (Å²) in [7, 11) is 0. The number of carboxylic acid groups (broad SMARTS) is 4. The quantitative estimate of drug-likeness (QED) is 0.0642. The van der Waals surface area contributed by atoms with Crippen molar-refractivity contribution < 1.29 is 54.3 Å². The fourth-order valence-corrected chi connectivity index (χ4v) is 3.29. The minimum Gasteiger partial charge on any atom is -0.480 e. The molecule has 0 saturated carbocycles. The van der Waals surface area contributed by atoms with Crippen molar-refractivity contribution in [2.75, 3.05) is 91.8 Å². The molecule has 0 aromatic rings. The van der Waals surface area contributed by atoms with Gasteiger partial charge in [0.05, 0.1) is 39.4 Å². The molecule has 0 aliphatic heterocycles. The molecule has 0 aliphatic rings. The monoisotopic (exact) mass is 467 g/mol. The third-order valence-corrected chi connectivity index (χ3v) is 4.75. The zero-order chi connectivity index (χ0) is 24.6. The molecule has 0 atom stereocenters. The van der Waals surface area contributed by atoms with Crippen molar-refractivity contribution >= 4 is 23.9 Å². The lowest BCUT2D eigenvalue weighted by atomic mass is 10.2. The molecular weight excluding hydrogens is 432 g/mol. The van der Waals surface area contributed by atoms with Gasteiger partial charge in [0.1, 0.15) is 0 Å². The van der Waals surface area contributed by atoms with Gasteiger partial charge in [-0.25, -0.2) is 9.59 Å². The Hall–Kier alpha value is -2.36. The maximum Gasteiger partial charge on any atom is 0.359 e. The highest BCUT2D eigenvalue weighted by molar-refractivity contribution is 5.72. The van der Waals surface area contributed by atoms with Crippen molar-refractivity contribution in [3.63, 3.8) is 0 Å². The van der Waals surface area contributed by atoms with Crippen molar-refractivity contribution in [3.8, 4) is 0 Å². The molecule has 14 nitrogen and oxygen atoms in total. The Balaban J connectivity index is 5.27. The average molecular weight is 467 g/mol. The maximum absolute atomic E-state index is 11.4. The molecule has 0 bridgehead atoms. The van der Waals surface area contributed by atoms with Crippen LogP contribution in [0.4, 0.5) is 0 Å². The number of aliphatic hydroxyl groups excluding tert-OH is 2. The van der Waals surface area contributed by atoms with E-state index in [1.165, 1.54) is 4.90 Å². The fraction of sp³-hybridized carbons (Fsp3) is 0.778. The van der Waals surface area contributed by atoms with Crippen LogP contribution in [0.25, 0.3) is 0 Å². The minimum absolute atomic E-state index is 0.0779. The fourth-order valence-electron chi connectivity index (χ4n) is 3.29. The second kappa shape index (κ2) is 16.3. The van der Waals surface area contributed by atoms with Gasteiger partial charge >= 0.3 is 23.9 Å². The Morgan fingerprint density at radius 2 is 1.16 bits per heavy atom. The summed E-state index contributed by atoms with van der Waals surface area (Å²) >= 11 is 0. The summed E-state index contributed by atoms with van der Waals surface area (Å²) in [6.45, 7) is -0.696. The normalized spacial score (nSPS) is 11.8. The highest BCUT2D eigenvalue weighted by Crippen LogP contribution is 2.08. The van der Waals surface area contributed by atoms with Gasteiger partial charge in [-0.05, 0) is 0 Å². The molecule has 0 heterocycles. The molecule has 0 amide bonds. The molecule has 0 radical (unpaired) electrons. The predicted octanol–water partition coefficient (Wildman–Crippen LogP) is -3.68. The first-order chi connectivity index (χ1) is 15.0. The van der Waals surface area contributed by atoms with E-state index in [2.05, 4.69) is 5.32 Å². The highest BCUT2D eigenvalue weighted by atomic mass is 16.4. The van der Waals surface area contributed by atoms with Gasteiger partial charge in [-0.3, -0.25) is 19.4 Å². The van der Waals surface area contributed by atoms with E-state index in [1.54, 1.807) is 4.90 Å². The molecule has 186 valence electrons. The third kappa shape index (κ3) is 14.6. The Morgan fingerprint density at radius 1 is 0.625 bits per heavy atom. The zero-order valence-corrected chi connectivity index (χ0v) is 18.1. The molecule has 32 heavy (non-hydrogen) atoms. The third-order valence-electron chi connectivity index (χ3n) is 4.75. The van der Waals surface area contributed by atoms with Crippen LogP contribution in [-0.2, 0) is 19.2 Å². The Labute approximate surface area is 185 Å². The van der Waals surface area contributed by atoms with Gasteiger partial charge in [-0.15, -0.1) is 0 Å². The molecule has 14 heteroatoms. The standard InChI is InChI=1S/C18H34N4O10/c23-9-2-19-1-7-22(13-17(29)30,14-18(31)32)8-5-20(6-10-24)3-4-21(11-15(25)26)12-16(27)28/h19,23-24H,1-14H2,(H3-,25,26,27,28,29,30,31,32)/p+1. The number of nitrogens with one attached hydrogen (secondary N) is 1. The summed E-state index contributed by atoms with van der Waals surface area (Å²) in [6, 6.07) is 0. The molecule has 0 fully saturated rings. The maximum atomic E-state index is 11.4. The number of quaternary nitrogens is 1. The zero-order valence-electron chi connectivity index (χ0n) is 18.1. The number of nitrogens with zero attached hydrogens (tertiary/aromatic N) is 3. The first-order valence-electron chi connectivity index (χ1n) is 10.1. The molecule has 0 saturated heterocycles. The van der Waals surface area contributed by atoms with Gasteiger partial charge in [0.25, 0.3) is 0 Å². The van der Waals surface area contributed by atoms with Crippen LogP contribution in [-0.4, -0.2) is 161 Å². The topological polar surface area (TPSA) is 208 Å². The van der Waals surface area contributed by atoms with E-state index in [4.69, 9.17) is 15.3 Å². The molecule has 0 spiro atoms. The number of hydrogen-bond donors (Lipinski definition) is 7. The second-order valence-electron chi connectivity index (χ2n) is 7.43. The van der Waals surface area contributed by atoms with Crippen LogP contribution in [0.3, 0.4) is 0 Å². The lowest BCUT2D eigenvalue weighted by Crippen LogP contribution is -2.59. The molecule has 0 aromatic carbocycles. The molecule has 0 aliphatic carbocycles. The average Bonchev–Trinajstić information content (AvgIpc) is 2.65. The molecular formula is C18H35N4O10+. The van der Waals surface area contributed by atoms with Crippen LogP contribution >= 0.6 is 0 Å². The summed E-state index contributed by atoms with van der Waals surface area (Å²) in [6.07, 6.45) is 0. The van der Waals surface area contributed by atoms with Crippen molar-refractivity contribution in [3.05, 3.63) is 0 Å². The summed E-state index contributed by atoms with van der Waals surface area (Å²) in [5.74, 6) is -4.71. The summed E-state index contributed by atoms with van der Waals surface area (Å²) in [5, 5.41) is 57.7. The van der Waals surface area contributed by atoms with E-state index in [-0.39, 0.29) is 70.1 Å². The van der Waals surface area contributed by atoms with Gasteiger partial charge in [0, 0.05) is 39.3 Å². The molecule has 0 rings (SSSR count). The minimum atomic E-state index is -1.19. The van der Waals surface area contributed by atoms with Gasteiger partial charge < -0.3 is 40.4 Å². The number of aliphatic carboxylic acids is 4. The number of aliphatic hydroxyl groups is 2. The summed E-state index contributed by atoms with van der Waals surface area (Å²) in [4.78, 5) is 47.7. The van der Waals surface area contributed by atoms with Crippen molar-refractivity contribution in [1.29, 1.82) is 0 Å². The number of carboxylic acids is 4. The Bertz CT molecular complexity index is 572. The number of carbonyl (C=O) groups is 4. The van der Waals surface area contributed by atoms with E-state index >= 15 is 0 Å². The lowest BCUT2D eigenvalue weighted by molar-refractivity contribution is -0.913. The highest BCUT2D eigenvalue weighted by Gasteiger charge is 2.33. The Kier molecular flexibility index (Phi) is 15.1. The van der Waals surface area contributed by atoms with Crippen LogP contribution in [0.1, 0.15) is 0 Å². The molecule has 7 N–H and O–H groups in total.